The van der Waals surface area contributed by atoms with Crippen molar-refractivity contribution in [2.24, 2.45) is 7.05 Å². The molecule has 8 nitrogen and oxygen atoms in total. The molecule has 2 amide bonds. The molecule has 3 rings (SSSR count). The number of amides is 2. The zero-order valence-corrected chi connectivity index (χ0v) is 16.4. The fourth-order valence-electron chi connectivity index (χ4n) is 3.44. The van der Waals surface area contributed by atoms with Crippen molar-refractivity contribution >= 4 is 11.8 Å². The normalized spacial score (nSPS) is 13.3. The summed E-state index contributed by atoms with van der Waals surface area (Å²) >= 11 is 0. The quantitative estimate of drug-likeness (QED) is 0.848. The summed E-state index contributed by atoms with van der Waals surface area (Å²) in [4.78, 5) is 41.0. The Kier molecular flexibility index (Phi) is 5.13. The van der Waals surface area contributed by atoms with Crippen LogP contribution in [0.2, 0.25) is 0 Å². The smallest absolute Gasteiger partial charge is 0.293 e. The van der Waals surface area contributed by atoms with Crippen LogP contribution in [0.1, 0.15) is 32.0 Å². The van der Waals surface area contributed by atoms with Gasteiger partial charge in [-0.15, -0.1) is 0 Å². The van der Waals surface area contributed by atoms with E-state index in [1.165, 1.54) is 11.9 Å². The molecular formula is C20H23N3O5. The third-order valence-electron chi connectivity index (χ3n) is 4.92. The summed E-state index contributed by atoms with van der Waals surface area (Å²) in [5, 5.41) is 10.4. The zero-order chi connectivity index (χ0) is 20.6. The first-order valence-electron chi connectivity index (χ1n) is 8.85. The Labute approximate surface area is 162 Å². The lowest BCUT2D eigenvalue weighted by Gasteiger charge is -2.31. The first-order valence-corrected chi connectivity index (χ1v) is 8.85. The molecule has 0 saturated heterocycles. The molecule has 2 heterocycles. The highest BCUT2D eigenvalue weighted by Gasteiger charge is 2.34. The third-order valence-corrected chi connectivity index (χ3v) is 4.92. The van der Waals surface area contributed by atoms with Crippen LogP contribution >= 0.6 is 0 Å². The number of carbonyl (C=O) groups excluding carboxylic acids is 2. The Bertz CT molecular complexity index is 1010. The molecule has 1 aliphatic heterocycles. The van der Waals surface area contributed by atoms with Gasteiger partial charge in [-0.2, -0.15) is 0 Å². The van der Waals surface area contributed by atoms with Gasteiger partial charge in [0.05, 0.1) is 12.7 Å². The van der Waals surface area contributed by atoms with Crippen molar-refractivity contribution in [1.82, 2.24) is 14.4 Å². The number of aromatic hydroxyl groups is 1. The van der Waals surface area contributed by atoms with Crippen molar-refractivity contribution < 1.29 is 19.4 Å². The Hall–Kier alpha value is -3.29. The van der Waals surface area contributed by atoms with Gasteiger partial charge in [-0.3, -0.25) is 14.4 Å². The molecule has 1 N–H and O–H groups in total. The number of ether oxygens (including phenoxy) is 1. The van der Waals surface area contributed by atoms with Gasteiger partial charge in [-0.1, -0.05) is 12.1 Å². The van der Waals surface area contributed by atoms with E-state index in [-0.39, 0.29) is 17.2 Å². The van der Waals surface area contributed by atoms with Crippen LogP contribution in [-0.4, -0.2) is 59.0 Å². The Morgan fingerprint density at radius 1 is 1.29 bits per heavy atom. The number of rotatable bonds is 4. The lowest BCUT2D eigenvalue weighted by Crippen LogP contribution is -2.42. The van der Waals surface area contributed by atoms with Gasteiger partial charge >= 0.3 is 0 Å². The van der Waals surface area contributed by atoms with E-state index in [0.717, 1.165) is 10.1 Å². The SMILES string of the molecule is COc1cccc(CN2CCc3c(c(O)c(=O)n(C)c3C(=O)N(C)C)C2=O)c1. The predicted octanol–water partition coefficient (Wildman–Crippen LogP) is 1.000. The van der Waals surface area contributed by atoms with Crippen molar-refractivity contribution in [2.45, 2.75) is 13.0 Å². The Morgan fingerprint density at radius 2 is 2.00 bits per heavy atom. The van der Waals surface area contributed by atoms with Gasteiger partial charge in [0.15, 0.2) is 5.75 Å². The molecule has 0 spiro atoms. The van der Waals surface area contributed by atoms with Gasteiger partial charge in [0, 0.05) is 39.8 Å². The van der Waals surface area contributed by atoms with E-state index < -0.39 is 17.2 Å². The minimum absolute atomic E-state index is 0.0811. The largest absolute Gasteiger partial charge is 0.502 e. The van der Waals surface area contributed by atoms with Gasteiger partial charge in [-0.25, -0.2) is 0 Å². The summed E-state index contributed by atoms with van der Waals surface area (Å²) in [6.45, 7) is 0.676. The van der Waals surface area contributed by atoms with E-state index in [1.807, 2.05) is 24.3 Å². The lowest BCUT2D eigenvalue weighted by molar-refractivity contribution is 0.0720. The van der Waals surface area contributed by atoms with Gasteiger partial charge < -0.3 is 24.2 Å². The number of nitrogens with zero attached hydrogens (tertiary/aromatic N) is 3. The third kappa shape index (κ3) is 3.21. The number of fused-ring (bicyclic) bond motifs is 1. The maximum atomic E-state index is 13.1. The maximum Gasteiger partial charge on any atom is 0.293 e. The van der Waals surface area contributed by atoms with Crippen molar-refractivity contribution in [1.29, 1.82) is 0 Å². The Morgan fingerprint density at radius 3 is 2.64 bits per heavy atom. The molecule has 0 atom stereocenters. The van der Waals surface area contributed by atoms with Gasteiger partial charge in [-0.05, 0) is 24.1 Å². The molecule has 0 aliphatic carbocycles. The van der Waals surface area contributed by atoms with Gasteiger partial charge in [0.1, 0.15) is 11.4 Å². The maximum absolute atomic E-state index is 13.1. The van der Waals surface area contributed by atoms with Crippen LogP contribution in [0.15, 0.2) is 29.1 Å². The molecule has 8 heteroatoms. The van der Waals surface area contributed by atoms with E-state index in [1.54, 1.807) is 26.1 Å². The second-order valence-electron chi connectivity index (χ2n) is 6.94. The van der Waals surface area contributed by atoms with Crippen LogP contribution in [0.5, 0.6) is 11.5 Å². The molecule has 1 aliphatic rings. The molecule has 1 aromatic heterocycles. The monoisotopic (exact) mass is 385 g/mol. The second kappa shape index (κ2) is 7.38. The highest BCUT2D eigenvalue weighted by molar-refractivity contribution is 6.03. The lowest BCUT2D eigenvalue weighted by atomic mass is 9.95. The fraction of sp³-hybridized carbons (Fsp3) is 0.350. The van der Waals surface area contributed by atoms with E-state index in [9.17, 15) is 19.5 Å². The summed E-state index contributed by atoms with van der Waals surface area (Å²) < 4.78 is 6.32. The Balaban J connectivity index is 2.04. The van der Waals surface area contributed by atoms with Crippen LogP contribution < -0.4 is 10.3 Å². The van der Waals surface area contributed by atoms with Crippen molar-refractivity contribution in [3.8, 4) is 11.5 Å². The summed E-state index contributed by atoms with van der Waals surface area (Å²) in [5.74, 6) is -0.789. The van der Waals surface area contributed by atoms with Crippen LogP contribution in [0.25, 0.3) is 0 Å². The average Bonchev–Trinajstić information content (AvgIpc) is 2.68. The molecule has 0 fully saturated rings. The van der Waals surface area contributed by atoms with Crippen molar-refractivity contribution in [3.63, 3.8) is 0 Å². The van der Waals surface area contributed by atoms with Crippen molar-refractivity contribution in [2.75, 3.05) is 27.7 Å². The molecule has 0 unspecified atom stereocenters. The van der Waals surface area contributed by atoms with Gasteiger partial charge in [0.25, 0.3) is 17.4 Å². The summed E-state index contributed by atoms with van der Waals surface area (Å²) in [6.07, 6.45) is 0.363. The van der Waals surface area contributed by atoms with E-state index in [0.29, 0.717) is 30.8 Å². The minimum Gasteiger partial charge on any atom is -0.502 e. The van der Waals surface area contributed by atoms with Crippen LogP contribution in [0.4, 0.5) is 0 Å². The summed E-state index contributed by atoms with van der Waals surface area (Å²) in [5.41, 5.74) is 0.564. The first kappa shape index (κ1) is 19.5. The second-order valence-corrected chi connectivity index (χ2v) is 6.94. The highest BCUT2D eigenvalue weighted by atomic mass is 16.5. The molecule has 1 aromatic carbocycles. The molecule has 0 radical (unpaired) electrons. The number of carbonyl (C=O) groups is 2. The van der Waals surface area contributed by atoms with Crippen molar-refractivity contribution in [3.05, 3.63) is 57.0 Å². The standard InChI is InChI=1S/C20H23N3O5/c1-21(2)19(26)16-14-8-9-23(11-12-6-5-7-13(10-12)28-4)18(25)15(14)17(24)20(27)22(16)3/h5-7,10,24H,8-9,11H2,1-4H3. The minimum atomic E-state index is -0.763. The van der Waals surface area contributed by atoms with E-state index in [4.69, 9.17) is 4.74 Å². The molecule has 2 aromatic rings. The number of hydrogen-bond donors (Lipinski definition) is 1. The first-order chi connectivity index (χ1) is 13.3. The summed E-state index contributed by atoms with van der Waals surface area (Å²) in [6, 6.07) is 7.34. The zero-order valence-electron chi connectivity index (χ0n) is 16.4. The molecule has 28 heavy (non-hydrogen) atoms. The molecular weight excluding hydrogens is 362 g/mol. The van der Waals surface area contributed by atoms with Crippen LogP contribution in [-0.2, 0) is 20.0 Å². The van der Waals surface area contributed by atoms with Gasteiger partial charge in [0.2, 0.25) is 0 Å². The number of aromatic nitrogens is 1. The summed E-state index contributed by atoms with van der Waals surface area (Å²) in [7, 11) is 6.14. The molecule has 148 valence electrons. The average molecular weight is 385 g/mol. The van der Waals surface area contributed by atoms with E-state index in [2.05, 4.69) is 0 Å². The fourth-order valence-corrected chi connectivity index (χ4v) is 3.44. The van der Waals surface area contributed by atoms with Crippen LogP contribution in [0.3, 0.4) is 0 Å². The molecule has 0 bridgehead atoms. The van der Waals surface area contributed by atoms with Crippen LogP contribution in [0, 0.1) is 0 Å². The predicted molar refractivity (Wildman–Crippen MR) is 103 cm³/mol. The number of hydrogen-bond acceptors (Lipinski definition) is 5. The number of methoxy groups -OCH3 is 1. The topological polar surface area (TPSA) is 92.1 Å². The molecule has 0 saturated carbocycles. The highest BCUT2D eigenvalue weighted by Crippen LogP contribution is 2.29. The van der Waals surface area contributed by atoms with E-state index >= 15 is 0 Å². The number of pyridine rings is 1. The number of benzene rings is 1.